The van der Waals surface area contributed by atoms with E-state index in [0.29, 0.717) is 0 Å². The van der Waals surface area contributed by atoms with Crippen LogP contribution in [-0.4, -0.2) is 13.7 Å². The fourth-order valence-corrected chi connectivity index (χ4v) is 0. The Morgan fingerprint density at radius 3 is 1.67 bits per heavy atom. The Balaban J connectivity index is 3.17. The molecule has 0 aliphatic heterocycles. The van der Waals surface area contributed by atoms with Crippen LogP contribution in [0.3, 0.4) is 0 Å². The molecule has 0 heterocycles. The molecule has 0 fully saturated rings. The van der Waals surface area contributed by atoms with Crippen LogP contribution >= 0.6 is 50.0 Å². The van der Waals surface area contributed by atoms with Crippen molar-refractivity contribution in [2.45, 2.75) is 0 Å². The van der Waals surface area contributed by atoms with E-state index in [1.807, 2.05) is 0 Å². The molecule has 0 aliphatic carbocycles. The van der Waals surface area contributed by atoms with Crippen LogP contribution in [0.4, 0.5) is 0 Å². The molecule has 5 heteroatoms. The van der Waals surface area contributed by atoms with Crippen LogP contribution in [0.5, 0.6) is 0 Å². The standard InChI is InChI=1S/CH2Br2Cl2Ge/c2-1-6(3,4)5/h1H2. The molecule has 0 aromatic rings. The minimum atomic E-state index is -2.37. The Hall–Kier alpha value is 2.08. The molecule has 0 rings (SSSR count). The van der Waals surface area contributed by atoms with Gasteiger partial charge in [0, 0.05) is 0 Å². The van der Waals surface area contributed by atoms with Crippen molar-refractivity contribution in [2.24, 2.45) is 0 Å². The summed E-state index contributed by atoms with van der Waals surface area (Å²) in [6.07, 6.45) is 0. The van der Waals surface area contributed by atoms with Crippen LogP contribution in [0.2, 0.25) is 0 Å². The van der Waals surface area contributed by atoms with Crippen molar-refractivity contribution < 1.29 is 0 Å². The average Bonchev–Trinajstić information content (AvgIpc) is 1.35. The molecule has 0 saturated carbocycles. The van der Waals surface area contributed by atoms with Crippen LogP contribution < -0.4 is 0 Å². The van der Waals surface area contributed by atoms with E-state index in [2.05, 4.69) is 29.9 Å². The first-order chi connectivity index (χ1) is 2.56. The maximum absolute atomic E-state index is 5.54. The zero-order valence-corrected chi connectivity index (χ0v) is 9.50. The average molecular weight is 317 g/mol. The molecule has 6 heavy (non-hydrogen) atoms. The molecule has 0 aromatic heterocycles. The van der Waals surface area contributed by atoms with Gasteiger partial charge in [-0.1, -0.05) is 0 Å². The van der Waals surface area contributed by atoms with Gasteiger partial charge in [0.2, 0.25) is 0 Å². The predicted octanol–water partition coefficient (Wildman–Crippen LogP) is 2.73. The summed E-state index contributed by atoms with van der Waals surface area (Å²) in [7, 11) is 8.71. The van der Waals surface area contributed by atoms with Crippen LogP contribution in [0.1, 0.15) is 0 Å². The molecule has 0 nitrogen and oxygen atoms in total. The quantitative estimate of drug-likeness (QED) is 0.515. The summed E-state index contributed by atoms with van der Waals surface area (Å²) in [6.45, 7) is 0. The normalized spacial score (nSPS) is 12.0. The molecular formula is CH2Br2Cl2Ge. The second-order valence-electron chi connectivity index (χ2n) is 0.749. The summed E-state index contributed by atoms with van der Waals surface area (Å²) in [5.41, 5.74) is 0. The summed E-state index contributed by atoms with van der Waals surface area (Å²) in [5.74, 6) is 0. The van der Waals surface area contributed by atoms with E-state index in [1.54, 1.807) is 0 Å². The Labute approximate surface area is 63.0 Å². The van der Waals surface area contributed by atoms with Gasteiger partial charge in [-0.2, -0.15) is 0 Å². The van der Waals surface area contributed by atoms with Gasteiger partial charge in [-0.05, 0) is 0 Å². The molecule has 0 spiro atoms. The first-order valence-electron chi connectivity index (χ1n) is 1.19. The summed E-state index contributed by atoms with van der Waals surface area (Å²) >= 11 is 6.29. The second-order valence-corrected chi connectivity index (χ2v) is 26.3. The van der Waals surface area contributed by atoms with Crippen LogP contribution in [0.15, 0.2) is 0 Å². The van der Waals surface area contributed by atoms with Gasteiger partial charge in [-0.25, -0.2) is 0 Å². The predicted molar refractivity (Wildman–Crippen MR) is 40.2 cm³/mol. The van der Waals surface area contributed by atoms with E-state index in [1.165, 1.54) is 0 Å². The molecule has 0 bridgehead atoms. The Morgan fingerprint density at radius 2 is 1.67 bits per heavy atom. The van der Waals surface area contributed by atoms with E-state index in [0.717, 1.165) is 4.16 Å². The number of halogens is 4. The van der Waals surface area contributed by atoms with Crippen LogP contribution in [0.25, 0.3) is 0 Å². The van der Waals surface area contributed by atoms with E-state index in [9.17, 15) is 0 Å². The van der Waals surface area contributed by atoms with Crippen LogP contribution in [0, 0.1) is 0 Å². The maximum atomic E-state index is 5.54. The van der Waals surface area contributed by atoms with Crippen molar-refractivity contribution in [1.82, 2.24) is 0 Å². The third-order valence-corrected chi connectivity index (χ3v) is 15.3. The monoisotopic (exact) mass is 316 g/mol. The first kappa shape index (κ1) is 8.08. The van der Waals surface area contributed by atoms with Crippen molar-refractivity contribution >= 4 is 59.5 Å². The summed E-state index contributed by atoms with van der Waals surface area (Å²) in [4.78, 5) is 0. The summed E-state index contributed by atoms with van der Waals surface area (Å²) in [6, 6.07) is 0. The van der Waals surface area contributed by atoms with E-state index in [-0.39, 0.29) is 0 Å². The van der Waals surface area contributed by atoms with Gasteiger partial charge in [-0.3, -0.25) is 0 Å². The van der Waals surface area contributed by atoms with Crippen molar-refractivity contribution in [3.8, 4) is 0 Å². The van der Waals surface area contributed by atoms with Gasteiger partial charge >= 0.3 is 63.7 Å². The van der Waals surface area contributed by atoms with Crippen LogP contribution in [-0.2, 0) is 0 Å². The van der Waals surface area contributed by atoms with Crippen molar-refractivity contribution in [3.05, 3.63) is 0 Å². The molecule has 0 N–H and O–H groups in total. The molecule has 0 aromatic carbocycles. The molecule has 0 atom stereocenters. The van der Waals surface area contributed by atoms with Gasteiger partial charge in [0.1, 0.15) is 0 Å². The number of alkyl halides is 1. The number of rotatable bonds is 1. The Bertz CT molecular complexity index is 41.3. The molecule has 0 unspecified atom stereocenters. The van der Waals surface area contributed by atoms with Gasteiger partial charge in [-0.15, -0.1) is 0 Å². The van der Waals surface area contributed by atoms with E-state index < -0.39 is 9.57 Å². The first-order valence-corrected chi connectivity index (χ1v) is 14.2. The van der Waals surface area contributed by atoms with Crippen molar-refractivity contribution in [2.75, 3.05) is 4.16 Å². The zero-order valence-electron chi connectivity index (χ0n) is 2.72. The Morgan fingerprint density at radius 1 is 1.50 bits per heavy atom. The molecule has 0 radical (unpaired) electrons. The van der Waals surface area contributed by atoms with Gasteiger partial charge in [0.05, 0.1) is 0 Å². The number of hydrogen-bond donors (Lipinski definition) is 0. The molecule has 38 valence electrons. The van der Waals surface area contributed by atoms with E-state index in [4.69, 9.17) is 20.0 Å². The fraction of sp³-hybridized carbons (Fsp3) is 1.00. The Kier molecular flexibility index (Phi) is 4.28. The fourth-order valence-electron chi connectivity index (χ4n) is 0. The molecule has 0 saturated heterocycles. The van der Waals surface area contributed by atoms with Crippen molar-refractivity contribution in [3.63, 3.8) is 0 Å². The second kappa shape index (κ2) is 3.18. The SMILES string of the molecule is [Cl][Ge]([Cl])([Br])[CH2]Br. The van der Waals surface area contributed by atoms with Gasteiger partial charge in [0.15, 0.2) is 0 Å². The zero-order chi connectivity index (χ0) is 5.21. The minimum absolute atomic E-state index is 0.718. The topological polar surface area (TPSA) is 0 Å². The number of hydrogen-bond acceptors (Lipinski definition) is 0. The van der Waals surface area contributed by atoms with E-state index >= 15 is 0 Å². The summed E-state index contributed by atoms with van der Waals surface area (Å²) < 4.78 is 0.718. The third-order valence-electron chi connectivity index (χ3n) is 0.152. The molecule has 0 aliphatic rings. The molecular weight excluding hydrogens is 315 g/mol. The van der Waals surface area contributed by atoms with Gasteiger partial charge in [0.25, 0.3) is 0 Å². The third kappa shape index (κ3) is 6.08. The van der Waals surface area contributed by atoms with Crippen molar-refractivity contribution in [1.29, 1.82) is 0 Å². The summed E-state index contributed by atoms with van der Waals surface area (Å²) in [5, 5.41) is 0. The van der Waals surface area contributed by atoms with Gasteiger partial charge < -0.3 is 0 Å². The molecule has 0 amide bonds.